The molecular weight excluding hydrogens is 294 g/mol. The van der Waals surface area contributed by atoms with Crippen molar-refractivity contribution in [3.63, 3.8) is 0 Å². The quantitative estimate of drug-likeness (QED) is 0.862. The van der Waals surface area contributed by atoms with Crippen molar-refractivity contribution in [2.75, 3.05) is 0 Å². The molecule has 0 fully saturated rings. The molecule has 0 aliphatic heterocycles. The van der Waals surface area contributed by atoms with E-state index in [2.05, 4.69) is 16.4 Å². The SMILES string of the molecule is Cc1ccc(CNC(=O)C(C)Sc2cc(C#N)ccn2)cc1. The van der Waals surface area contributed by atoms with Gasteiger partial charge in [0.25, 0.3) is 0 Å². The van der Waals surface area contributed by atoms with Gasteiger partial charge in [-0.3, -0.25) is 4.79 Å². The maximum atomic E-state index is 12.1. The summed E-state index contributed by atoms with van der Waals surface area (Å²) in [7, 11) is 0. The van der Waals surface area contributed by atoms with Gasteiger partial charge in [0, 0.05) is 12.7 Å². The van der Waals surface area contributed by atoms with Crippen molar-refractivity contribution in [1.82, 2.24) is 10.3 Å². The van der Waals surface area contributed by atoms with Crippen molar-refractivity contribution in [1.29, 1.82) is 5.26 Å². The lowest BCUT2D eigenvalue weighted by atomic mass is 10.1. The number of nitriles is 1. The molecule has 1 N–H and O–H groups in total. The number of amides is 1. The fraction of sp³-hybridized carbons (Fsp3) is 0.235. The van der Waals surface area contributed by atoms with Crippen molar-refractivity contribution in [3.05, 3.63) is 59.3 Å². The summed E-state index contributed by atoms with van der Waals surface area (Å²) in [5, 5.41) is 12.2. The summed E-state index contributed by atoms with van der Waals surface area (Å²) < 4.78 is 0. The Balaban J connectivity index is 1.89. The van der Waals surface area contributed by atoms with Gasteiger partial charge in [-0.15, -0.1) is 0 Å². The highest BCUT2D eigenvalue weighted by Gasteiger charge is 2.15. The van der Waals surface area contributed by atoms with E-state index in [1.165, 1.54) is 17.3 Å². The topological polar surface area (TPSA) is 65.8 Å². The van der Waals surface area contributed by atoms with Gasteiger partial charge < -0.3 is 5.32 Å². The number of hydrogen-bond donors (Lipinski definition) is 1. The molecule has 4 nitrogen and oxygen atoms in total. The molecule has 0 saturated heterocycles. The second-order valence-electron chi connectivity index (χ2n) is 4.96. The van der Waals surface area contributed by atoms with Crippen molar-refractivity contribution < 1.29 is 4.79 Å². The van der Waals surface area contributed by atoms with Gasteiger partial charge in [-0.1, -0.05) is 41.6 Å². The van der Waals surface area contributed by atoms with Gasteiger partial charge >= 0.3 is 0 Å². The van der Waals surface area contributed by atoms with Gasteiger partial charge in [0.2, 0.25) is 5.91 Å². The third kappa shape index (κ3) is 4.61. The maximum absolute atomic E-state index is 12.1. The smallest absolute Gasteiger partial charge is 0.233 e. The zero-order valence-electron chi connectivity index (χ0n) is 12.5. The molecule has 0 aliphatic rings. The largest absolute Gasteiger partial charge is 0.351 e. The van der Waals surface area contributed by atoms with Crippen LogP contribution in [0, 0.1) is 18.3 Å². The Bertz CT molecular complexity index is 692. The van der Waals surface area contributed by atoms with Gasteiger partial charge in [-0.2, -0.15) is 5.26 Å². The van der Waals surface area contributed by atoms with Crippen LogP contribution in [0.1, 0.15) is 23.6 Å². The van der Waals surface area contributed by atoms with Crippen molar-refractivity contribution in [3.8, 4) is 6.07 Å². The lowest BCUT2D eigenvalue weighted by Crippen LogP contribution is -2.30. The highest BCUT2D eigenvalue weighted by Crippen LogP contribution is 2.21. The average Bonchev–Trinajstić information content (AvgIpc) is 2.54. The number of nitrogens with zero attached hydrogens (tertiary/aromatic N) is 2. The molecule has 1 heterocycles. The Morgan fingerprint density at radius 1 is 1.36 bits per heavy atom. The summed E-state index contributed by atoms with van der Waals surface area (Å²) in [5.74, 6) is -0.0465. The maximum Gasteiger partial charge on any atom is 0.233 e. The highest BCUT2D eigenvalue weighted by molar-refractivity contribution is 8.00. The number of rotatable bonds is 5. The molecule has 1 aromatic heterocycles. The predicted molar refractivity (Wildman–Crippen MR) is 87.3 cm³/mol. The fourth-order valence-electron chi connectivity index (χ4n) is 1.82. The van der Waals surface area contributed by atoms with Crippen molar-refractivity contribution >= 4 is 17.7 Å². The number of nitrogens with one attached hydrogen (secondary N) is 1. The van der Waals surface area contributed by atoms with Crippen LogP contribution in [-0.4, -0.2) is 16.1 Å². The number of aryl methyl sites for hydroxylation is 1. The number of thioether (sulfide) groups is 1. The minimum absolute atomic E-state index is 0.0465. The summed E-state index contributed by atoms with van der Waals surface area (Å²) in [5.41, 5.74) is 2.81. The first-order valence-corrected chi connectivity index (χ1v) is 7.82. The molecule has 1 unspecified atom stereocenters. The van der Waals surface area contributed by atoms with Crippen LogP contribution in [-0.2, 0) is 11.3 Å². The Labute approximate surface area is 134 Å². The summed E-state index contributed by atoms with van der Waals surface area (Å²) in [6.07, 6.45) is 1.58. The zero-order chi connectivity index (χ0) is 15.9. The Kier molecular flexibility index (Phi) is 5.56. The van der Waals surface area contributed by atoms with Crippen LogP contribution >= 0.6 is 11.8 Å². The van der Waals surface area contributed by atoms with Gasteiger partial charge in [0.05, 0.1) is 21.9 Å². The first-order valence-electron chi connectivity index (χ1n) is 6.94. The van der Waals surface area contributed by atoms with Crippen LogP contribution in [0.4, 0.5) is 0 Å². The zero-order valence-corrected chi connectivity index (χ0v) is 13.4. The number of carbonyl (C=O) groups is 1. The molecular formula is C17H17N3OS. The van der Waals surface area contributed by atoms with Gasteiger partial charge in [-0.25, -0.2) is 4.98 Å². The number of aromatic nitrogens is 1. The second kappa shape index (κ2) is 7.62. The monoisotopic (exact) mass is 311 g/mol. The molecule has 1 amide bonds. The molecule has 0 radical (unpaired) electrons. The molecule has 5 heteroatoms. The second-order valence-corrected chi connectivity index (χ2v) is 6.32. The fourth-order valence-corrected chi connectivity index (χ4v) is 2.69. The molecule has 112 valence electrons. The van der Waals surface area contributed by atoms with E-state index in [4.69, 9.17) is 5.26 Å². The molecule has 0 spiro atoms. The predicted octanol–water partition coefficient (Wildman–Crippen LogP) is 3.06. The van der Waals surface area contributed by atoms with Crippen LogP contribution in [0.25, 0.3) is 0 Å². The van der Waals surface area contributed by atoms with Gasteiger partial charge in [-0.05, 0) is 31.5 Å². The summed E-state index contributed by atoms with van der Waals surface area (Å²) in [4.78, 5) is 16.3. The van der Waals surface area contributed by atoms with E-state index < -0.39 is 0 Å². The lowest BCUT2D eigenvalue weighted by Gasteiger charge is -2.11. The van der Waals surface area contributed by atoms with Crippen molar-refractivity contribution in [2.24, 2.45) is 0 Å². The van der Waals surface area contributed by atoms with Crippen LogP contribution in [0.15, 0.2) is 47.6 Å². The molecule has 22 heavy (non-hydrogen) atoms. The number of hydrogen-bond acceptors (Lipinski definition) is 4. The van der Waals surface area contributed by atoms with Crippen LogP contribution < -0.4 is 5.32 Å². The first kappa shape index (κ1) is 16.1. The Morgan fingerprint density at radius 3 is 2.77 bits per heavy atom. The Morgan fingerprint density at radius 2 is 2.09 bits per heavy atom. The Hall–Kier alpha value is -2.32. The van der Waals surface area contributed by atoms with E-state index in [-0.39, 0.29) is 11.2 Å². The first-order chi connectivity index (χ1) is 10.6. The number of pyridine rings is 1. The summed E-state index contributed by atoms with van der Waals surface area (Å²) in [6, 6.07) is 13.5. The third-order valence-corrected chi connectivity index (χ3v) is 4.15. The van der Waals surface area contributed by atoms with Gasteiger partial charge in [0.1, 0.15) is 0 Å². The molecule has 1 atom stereocenters. The standard InChI is InChI=1S/C17H17N3OS/c1-12-3-5-14(6-4-12)11-20-17(21)13(2)22-16-9-15(10-18)7-8-19-16/h3-9,13H,11H2,1-2H3,(H,20,21). The molecule has 0 aliphatic carbocycles. The van der Waals surface area contributed by atoms with Crippen LogP contribution in [0.5, 0.6) is 0 Å². The van der Waals surface area contributed by atoms with E-state index in [1.54, 1.807) is 18.3 Å². The minimum Gasteiger partial charge on any atom is -0.351 e. The number of benzene rings is 1. The normalized spacial score (nSPS) is 11.5. The summed E-state index contributed by atoms with van der Waals surface area (Å²) in [6.45, 7) is 4.37. The third-order valence-electron chi connectivity index (χ3n) is 3.12. The highest BCUT2D eigenvalue weighted by atomic mass is 32.2. The molecule has 1 aromatic carbocycles. The van der Waals surface area contributed by atoms with Crippen LogP contribution in [0.2, 0.25) is 0 Å². The molecule has 2 aromatic rings. The van der Waals surface area contributed by atoms with E-state index in [0.29, 0.717) is 17.1 Å². The van der Waals surface area contributed by atoms with E-state index >= 15 is 0 Å². The van der Waals surface area contributed by atoms with Gasteiger partial charge in [0.15, 0.2) is 0 Å². The molecule has 0 bridgehead atoms. The van der Waals surface area contributed by atoms with E-state index in [0.717, 1.165) is 5.56 Å². The van der Waals surface area contributed by atoms with E-state index in [1.807, 2.05) is 38.1 Å². The van der Waals surface area contributed by atoms with E-state index in [9.17, 15) is 4.79 Å². The molecule has 0 saturated carbocycles. The van der Waals surface area contributed by atoms with Crippen molar-refractivity contribution in [2.45, 2.75) is 30.7 Å². The number of carbonyl (C=O) groups excluding carboxylic acids is 1. The van der Waals surface area contributed by atoms with Crippen LogP contribution in [0.3, 0.4) is 0 Å². The minimum atomic E-state index is -0.271. The average molecular weight is 311 g/mol. The lowest BCUT2D eigenvalue weighted by molar-refractivity contribution is -0.120. The molecule has 2 rings (SSSR count). The summed E-state index contributed by atoms with van der Waals surface area (Å²) >= 11 is 1.34.